The van der Waals surface area contributed by atoms with Crippen LogP contribution in [0.4, 0.5) is 5.69 Å². The van der Waals surface area contributed by atoms with Gasteiger partial charge in [-0.2, -0.15) is 0 Å². The topological polar surface area (TPSA) is 101 Å². The van der Waals surface area contributed by atoms with Crippen LogP contribution in [-0.4, -0.2) is 38.4 Å². The van der Waals surface area contributed by atoms with E-state index in [0.29, 0.717) is 33.1 Å². The maximum absolute atomic E-state index is 12.4. The van der Waals surface area contributed by atoms with Gasteiger partial charge in [0.2, 0.25) is 5.91 Å². The summed E-state index contributed by atoms with van der Waals surface area (Å²) >= 11 is 7.14. The van der Waals surface area contributed by atoms with Crippen LogP contribution < -0.4 is 15.6 Å². The van der Waals surface area contributed by atoms with E-state index in [1.54, 1.807) is 55.6 Å². The predicted molar refractivity (Wildman–Crippen MR) is 116 cm³/mol. The van der Waals surface area contributed by atoms with Crippen molar-refractivity contribution < 1.29 is 9.53 Å². The molecule has 0 spiro atoms. The quantitative estimate of drug-likeness (QED) is 0.444. The number of aromatic nitrogens is 4. The smallest absolute Gasteiger partial charge is 0.266 e. The van der Waals surface area contributed by atoms with Crippen LogP contribution in [0.5, 0.6) is 5.75 Å². The zero-order valence-corrected chi connectivity index (χ0v) is 17.3. The molecule has 0 atom stereocenters. The van der Waals surface area contributed by atoms with E-state index >= 15 is 0 Å². The molecule has 1 amide bonds. The van der Waals surface area contributed by atoms with E-state index in [4.69, 9.17) is 16.3 Å². The summed E-state index contributed by atoms with van der Waals surface area (Å²) < 4.78 is 6.57. The van der Waals surface area contributed by atoms with E-state index in [-0.39, 0.29) is 17.2 Å². The molecular formula is C20H16ClN5O3S. The zero-order chi connectivity index (χ0) is 21.1. The van der Waals surface area contributed by atoms with Crippen LogP contribution in [0.1, 0.15) is 0 Å². The van der Waals surface area contributed by atoms with Gasteiger partial charge in [-0.15, -0.1) is 0 Å². The van der Waals surface area contributed by atoms with Crippen molar-refractivity contribution in [3.05, 3.63) is 70.0 Å². The van der Waals surface area contributed by atoms with Crippen molar-refractivity contribution in [1.82, 2.24) is 19.6 Å². The lowest BCUT2D eigenvalue weighted by molar-refractivity contribution is -0.113. The fourth-order valence-electron chi connectivity index (χ4n) is 2.71. The first-order chi connectivity index (χ1) is 14.5. The molecule has 0 aliphatic carbocycles. The number of halogens is 1. The highest BCUT2D eigenvalue weighted by molar-refractivity contribution is 7.99. The second-order valence-corrected chi connectivity index (χ2v) is 7.59. The SMILES string of the molecule is COc1ccc(NC(=O)CSc2nc(-c3ccc(Cl)cc3)nc3cc(=O)[nH]n23)cc1. The van der Waals surface area contributed by atoms with Crippen molar-refractivity contribution in [2.24, 2.45) is 0 Å². The normalized spacial score (nSPS) is 10.9. The summed E-state index contributed by atoms with van der Waals surface area (Å²) in [5.74, 6) is 1.03. The number of amides is 1. The highest BCUT2D eigenvalue weighted by Crippen LogP contribution is 2.23. The van der Waals surface area contributed by atoms with Gasteiger partial charge in [-0.1, -0.05) is 23.4 Å². The first-order valence-corrected chi connectivity index (χ1v) is 10.2. The number of benzene rings is 2. The molecule has 2 aromatic heterocycles. The van der Waals surface area contributed by atoms with E-state index in [1.165, 1.54) is 22.3 Å². The molecule has 30 heavy (non-hydrogen) atoms. The maximum Gasteiger partial charge on any atom is 0.266 e. The second kappa shape index (κ2) is 8.60. The number of carbonyl (C=O) groups excluding carboxylic acids is 1. The number of rotatable bonds is 6. The van der Waals surface area contributed by atoms with Gasteiger partial charge in [0.1, 0.15) is 5.75 Å². The Labute approximate surface area is 180 Å². The minimum absolute atomic E-state index is 0.0956. The number of nitrogens with zero attached hydrogens (tertiary/aromatic N) is 3. The van der Waals surface area contributed by atoms with E-state index < -0.39 is 0 Å². The van der Waals surface area contributed by atoms with Crippen LogP contribution in [0.3, 0.4) is 0 Å². The predicted octanol–water partition coefficient (Wildman–Crippen LogP) is 3.48. The summed E-state index contributed by atoms with van der Waals surface area (Å²) in [7, 11) is 1.58. The number of methoxy groups -OCH3 is 1. The minimum Gasteiger partial charge on any atom is -0.497 e. The summed E-state index contributed by atoms with van der Waals surface area (Å²) in [5.41, 5.74) is 1.52. The first-order valence-electron chi connectivity index (χ1n) is 8.84. The molecule has 10 heteroatoms. The molecule has 0 bridgehead atoms. The summed E-state index contributed by atoms with van der Waals surface area (Å²) in [6.45, 7) is 0. The molecule has 2 aromatic carbocycles. The fraction of sp³-hybridized carbons (Fsp3) is 0.100. The molecule has 0 fully saturated rings. The van der Waals surface area contributed by atoms with Crippen molar-refractivity contribution in [3.8, 4) is 17.1 Å². The van der Waals surface area contributed by atoms with Gasteiger partial charge in [-0.05, 0) is 48.5 Å². The Balaban J connectivity index is 1.55. The number of carbonyl (C=O) groups is 1. The molecule has 2 heterocycles. The first kappa shape index (κ1) is 20.0. The molecule has 0 saturated carbocycles. The van der Waals surface area contributed by atoms with Gasteiger partial charge in [0, 0.05) is 22.3 Å². The van der Waals surface area contributed by atoms with Gasteiger partial charge in [0.15, 0.2) is 16.6 Å². The number of fused-ring (bicyclic) bond motifs is 1. The van der Waals surface area contributed by atoms with Gasteiger partial charge in [-0.3, -0.25) is 14.7 Å². The Hall–Kier alpha value is -3.30. The average molecular weight is 442 g/mol. The van der Waals surface area contributed by atoms with Crippen LogP contribution in [0.25, 0.3) is 17.0 Å². The molecule has 4 rings (SSSR count). The van der Waals surface area contributed by atoms with Crippen molar-refractivity contribution in [1.29, 1.82) is 0 Å². The Morgan fingerprint density at radius 3 is 2.60 bits per heavy atom. The van der Waals surface area contributed by atoms with Gasteiger partial charge in [0.25, 0.3) is 5.56 Å². The Morgan fingerprint density at radius 1 is 1.17 bits per heavy atom. The lowest BCUT2D eigenvalue weighted by atomic mass is 10.2. The van der Waals surface area contributed by atoms with Crippen LogP contribution in [0.15, 0.2) is 64.5 Å². The van der Waals surface area contributed by atoms with Crippen molar-refractivity contribution in [2.45, 2.75) is 5.16 Å². The fourth-order valence-corrected chi connectivity index (χ4v) is 3.59. The summed E-state index contributed by atoms with van der Waals surface area (Å²) in [5, 5.41) is 6.51. The molecule has 0 aliphatic rings. The third-order valence-corrected chi connectivity index (χ3v) is 5.32. The molecule has 0 radical (unpaired) electrons. The van der Waals surface area contributed by atoms with E-state index in [0.717, 1.165) is 5.56 Å². The Morgan fingerprint density at radius 2 is 1.90 bits per heavy atom. The highest BCUT2D eigenvalue weighted by Gasteiger charge is 2.13. The molecular weight excluding hydrogens is 426 g/mol. The van der Waals surface area contributed by atoms with Crippen LogP contribution in [0.2, 0.25) is 5.02 Å². The molecule has 2 N–H and O–H groups in total. The highest BCUT2D eigenvalue weighted by atomic mass is 35.5. The van der Waals surface area contributed by atoms with Gasteiger partial charge < -0.3 is 10.1 Å². The Kier molecular flexibility index (Phi) is 5.73. The van der Waals surface area contributed by atoms with Crippen LogP contribution in [-0.2, 0) is 4.79 Å². The van der Waals surface area contributed by atoms with Gasteiger partial charge in [-0.25, -0.2) is 14.5 Å². The summed E-state index contributed by atoms with van der Waals surface area (Å²) in [6.07, 6.45) is 0. The monoisotopic (exact) mass is 441 g/mol. The molecule has 0 unspecified atom stereocenters. The van der Waals surface area contributed by atoms with Crippen molar-refractivity contribution in [2.75, 3.05) is 18.2 Å². The molecule has 4 aromatic rings. The van der Waals surface area contributed by atoms with Gasteiger partial charge >= 0.3 is 0 Å². The number of thioether (sulfide) groups is 1. The number of H-pyrrole nitrogens is 1. The minimum atomic E-state index is -0.304. The summed E-state index contributed by atoms with van der Waals surface area (Å²) in [4.78, 5) is 33.1. The van der Waals surface area contributed by atoms with E-state index in [2.05, 4.69) is 20.4 Å². The molecule has 0 saturated heterocycles. The molecule has 0 aliphatic heterocycles. The number of hydrogen-bond acceptors (Lipinski definition) is 6. The van der Waals surface area contributed by atoms with Crippen LogP contribution >= 0.6 is 23.4 Å². The lowest BCUT2D eigenvalue weighted by Gasteiger charge is -2.08. The van der Waals surface area contributed by atoms with Gasteiger partial charge in [0.05, 0.1) is 12.9 Å². The number of nitrogens with one attached hydrogen (secondary N) is 2. The molecule has 152 valence electrons. The average Bonchev–Trinajstić information content (AvgIpc) is 3.13. The van der Waals surface area contributed by atoms with E-state index in [9.17, 15) is 9.59 Å². The zero-order valence-electron chi connectivity index (χ0n) is 15.8. The summed E-state index contributed by atoms with van der Waals surface area (Å²) in [6, 6.07) is 15.5. The maximum atomic E-state index is 12.4. The number of hydrogen-bond donors (Lipinski definition) is 2. The number of ether oxygens (including phenoxy) is 1. The van der Waals surface area contributed by atoms with Crippen molar-refractivity contribution >= 4 is 40.6 Å². The largest absolute Gasteiger partial charge is 0.497 e. The third-order valence-electron chi connectivity index (χ3n) is 4.13. The van der Waals surface area contributed by atoms with E-state index in [1.807, 2.05) is 0 Å². The second-order valence-electron chi connectivity index (χ2n) is 6.22. The van der Waals surface area contributed by atoms with Crippen LogP contribution in [0, 0.1) is 0 Å². The standard InChI is InChI=1S/C20H16ClN5O3S/c1-29-15-8-6-14(7-9-15)22-18(28)11-30-20-24-19(12-2-4-13(21)5-3-12)23-16-10-17(27)25-26(16)20/h2-10H,11H2,1H3,(H,22,28)(H,25,27). The third kappa shape index (κ3) is 4.47. The molecule has 8 nitrogen and oxygen atoms in total. The number of anilines is 1. The number of aromatic amines is 1. The van der Waals surface area contributed by atoms with Crippen molar-refractivity contribution in [3.63, 3.8) is 0 Å². The Bertz CT molecular complexity index is 1250. The lowest BCUT2D eigenvalue weighted by Crippen LogP contribution is -2.15.